The average Bonchev–Trinajstić information content (AvgIpc) is 1.99. The highest BCUT2D eigenvalue weighted by atomic mass is 19.3. The van der Waals surface area contributed by atoms with Crippen molar-refractivity contribution in [2.75, 3.05) is 13.6 Å². The molecule has 76 valence electrons. The van der Waals surface area contributed by atoms with Gasteiger partial charge in [-0.25, -0.2) is 8.78 Å². The second kappa shape index (κ2) is 3.21. The van der Waals surface area contributed by atoms with Gasteiger partial charge in [-0.05, 0) is 6.54 Å². The molecular weight excluding hydrogens is 178 g/mol. The Bertz CT molecular complexity index is 210. The van der Waals surface area contributed by atoms with Gasteiger partial charge >= 0.3 is 0 Å². The molecule has 1 saturated carbocycles. The fourth-order valence-corrected chi connectivity index (χ4v) is 1.77. The van der Waals surface area contributed by atoms with Crippen molar-refractivity contribution in [1.82, 2.24) is 10.6 Å². The summed E-state index contributed by atoms with van der Waals surface area (Å²) in [5, 5.41) is 5.21. The highest BCUT2D eigenvalue weighted by Gasteiger charge is 2.60. The molecule has 0 spiro atoms. The molecule has 0 bridgehead atoms. The van der Waals surface area contributed by atoms with Crippen LogP contribution in [-0.2, 0) is 4.79 Å². The van der Waals surface area contributed by atoms with Crippen molar-refractivity contribution in [3.63, 3.8) is 0 Å². The van der Waals surface area contributed by atoms with E-state index in [0.29, 0.717) is 6.54 Å². The van der Waals surface area contributed by atoms with Crippen molar-refractivity contribution in [3.8, 4) is 0 Å². The van der Waals surface area contributed by atoms with Gasteiger partial charge in [-0.1, -0.05) is 6.92 Å². The van der Waals surface area contributed by atoms with Crippen LogP contribution in [0.4, 0.5) is 8.78 Å². The van der Waals surface area contributed by atoms with E-state index in [1.807, 2.05) is 0 Å². The molecule has 0 aromatic heterocycles. The third-order valence-electron chi connectivity index (χ3n) is 2.30. The van der Waals surface area contributed by atoms with Gasteiger partial charge in [-0.2, -0.15) is 0 Å². The van der Waals surface area contributed by atoms with E-state index in [0.717, 1.165) is 0 Å². The molecule has 13 heavy (non-hydrogen) atoms. The molecule has 0 saturated heterocycles. The summed E-state index contributed by atoms with van der Waals surface area (Å²) in [6.07, 6.45) is -0.791. The number of amides is 1. The van der Waals surface area contributed by atoms with Gasteiger partial charge < -0.3 is 10.6 Å². The Hall–Kier alpha value is -0.710. The van der Waals surface area contributed by atoms with Gasteiger partial charge in [-0.3, -0.25) is 4.79 Å². The van der Waals surface area contributed by atoms with Gasteiger partial charge in [-0.15, -0.1) is 0 Å². The number of alkyl halides is 2. The number of halogens is 2. The summed E-state index contributed by atoms with van der Waals surface area (Å²) in [5.41, 5.74) is -1.03. The van der Waals surface area contributed by atoms with E-state index < -0.39 is 24.3 Å². The van der Waals surface area contributed by atoms with E-state index in [1.54, 1.807) is 6.92 Å². The quantitative estimate of drug-likeness (QED) is 0.684. The molecule has 2 N–H and O–H groups in total. The predicted molar refractivity (Wildman–Crippen MR) is 44.7 cm³/mol. The third kappa shape index (κ3) is 1.80. The summed E-state index contributed by atoms with van der Waals surface area (Å²) >= 11 is 0. The number of carbonyl (C=O) groups excluding carboxylic acids is 1. The first-order valence-corrected chi connectivity index (χ1v) is 4.31. The monoisotopic (exact) mass is 192 g/mol. The molecule has 0 aromatic carbocycles. The lowest BCUT2D eigenvalue weighted by molar-refractivity contribution is -0.161. The Labute approximate surface area is 75.9 Å². The molecule has 1 aliphatic carbocycles. The minimum atomic E-state index is -2.69. The molecule has 0 heterocycles. The van der Waals surface area contributed by atoms with Crippen molar-refractivity contribution in [3.05, 3.63) is 0 Å². The SMILES string of the molecule is CCNC1(C(=O)NC)CC(F)(F)C1. The van der Waals surface area contributed by atoms with E-state index >= 15 is 0 Å². The molecule has 1 fully saturated rings. The topological polar surface area (TPSA) is 41.1 Å². The second-order valence-corrected chi connectivity index (χ2v) is 3.40. The molecule has 0 aliphatic heterocycles. The Morgan fingerprint density at radius 3 is 2.31 bits per heavy atom. The molecule has 1 rings (SSSR count). The van der Waals surface area contributed by atoms with Crippen molar-refractivity contribution < 1.29 is 13.6 Å². The lowest BCUT2D eigenvalue weighted by Gasteiger charge is -2.46. The standard InChI is InChI=1S/C8H14F2N2O/c1-3-12-7(6(13)11-2)4-8(9,10)5-7/h12H,3-5H2,1-2H3,(H,11,13). The van der Waals surface area contributed by atoms with Crippen LogP contribution in [-0.4, -0.2) is 31.0 Å². The smallest absolute Gasteiger partial charge is 0.252 e. The van der Waals surface area contributed by atoms with Crippen LogP contribution in [0.15, 0.2) is 0 Å². The minimum Gasteiger partial charge on any atom is -0.358 e. The first-order valence-electron chi connectivity index (χ1n) is 4.31. The van der Waals surface area contributed by atoms with Gasteiger partial charge in [0, 0.05) is 19.9 Å². The second-order valence-electron chi connectivity index (χ2n) is 3.40. The molecule has 0 unspecified atom stereocenters. The van der Waals surface area contributed by atoms with E-state index in [2.05, 4.69) is 10.6 Å². The van der Waals surface area contributed by atoms with Gasteiger partial charge in [0.05, 0.1) is 0 Å². The number of hydrogen-bond donors (Lipinski definition) is 2. The average molecular weight is 192 g/mol. The maximum atomic E-state index is 12.6. The van der Waals surface area contributed by atoms with E-state index in [-0.39, 0.29) is 5.91 Å². The van der Waals surface area contributed by atoms with Crippen LogP contribution >= 0.6 is 0 Å². The molecule has 0 aromatic rings. The number of hydrogen-bond acceptors (Lipinski definition) is 2. The van der Waals surface area contributed by atoms with Crippen LogP contribution in [0.1, 0.15) is 19.8 Å². The van der Waals surface area contributed by atoms with E-state index in [1.165, 1.54) is 7.05 Å². The first-order chi connectivity index (χ1) is 5.96. The van der Waals surface area contributed by atoms with Crippen molar-refractivity contribution in [1.29, 1.82) is 0 Å². The van der Waals surface area contributed by atoms with Crippen molar-refractivity contribution >= 4 is 5.91 Å². The van der Waals surface area contributed by atoms with Gasteiger partial charge in [0.1, 0.15) is 5.54 Å². The number of nitrogens with one attached hydrogen (secondary N) is 2. The van der Waals surface area contributed by atoms with Crippen LogP contribution in [0.25, 0.3) is 0 Å². The van der Waals surface area contributed by atoms with Crippen LogP contribution < -0.4 is 10.6 Å². The Morgan fingerprint density at radius 2 is 2.00 bits per heavy atom. The van der Waals surface area contributed by atoms with Crippen LogP contribution in [0.5, 0.6) is 0 Å². The van der Waals surface area contributed by atoms with E-state index in [9.17, 15) is 13.6 Å². The van der Waals surface area contributed by atoms with Crippen molar-refractivity contribution in [2.45, 2.75) is 31.2 Å². The maximum Gasteiger partial charge on any atom is 0.252 e. The Morgan fingerprint density at radius 1 is 1.46 bits per heavy atom. The Balaban J connectivity index is 2.65. The summed E-state index contributed by atoms with van der Waals surface area (Å²) in [6.45, 7) is 2.31. The highest BCUT2D eigenvalue weighted by Crippen LogP contribution is 2.45. The van der Waals surface area contributed by atoms with Crippen molar-refractivity contribution in [2.24, 2.45) is 0 Å². The normalized spacial score (nSPS) is 23.4. The zero-order valence-electron chi connectivity index (χ0n) is 7.79. The number of likely N-dealkylation sites (N-methyl/N-ethyl adjacent to an activating group) is 2. The van der Waals surface area contributed by atoms with E-state index in [4.69, 9.17) is 0 Å². The van der Waals surface area contributed by atoms with Gasteiger partial charge in [0.15, 0.2) is 0 Å². The fraction of sp³-hybridized carbons (Fsp3) is 0.875. The fourth-order valence-electron chi connectivity index (χ4n) is 1.77. The van der Waals surface area contributed by atoms with Crippen LogP contribution in [0, 0.1) is 0 Å². The summed E-state index contributed by atoms with van der Waals surface area (Å²) in [5.74, 6) is -3.03. The summed E-state index contributed by atoms with van der Waals surface area (Å²) in [6, 6.07) is 0. The van der Waals surface area contributed by atoms with Gasteiger partial charge in [0.25, 0.3) is 5.92 Å². The third-order valence-corrected chi connectivity index (χ3v) is 2.30. The largest absolute Gasteiger partial charge is 0.358 e. The summed E-state index contributed by atoms with van der Waals surface area (Å²) in [7, 11) is 1.46. The lowest BCUT2D eigenvalue weighted by Crippen LogP contribution is -2.67. The molecule has 1 amide bonds. The summed E-state index contributed by atoms with van der Waals surface area (Å²) < 4.78 is 25.3. The summed E-state index contributed by atoms with van der Waals surface area (Å²) in [4.78, 5) is 11.3. The van der Waals surface area contributed by atoms with Crippen LogP contribution in [0.3, 0.4) is 0 Å². The highest BCUT2D eigenvalue weighted by molar-refractivity contribution is 5.87. The zero-order valence-corrected chi connectivity index (χ0v) is 7.79. The predicted octanol–water partition coefficient (Wildman–Crippen LogP) is 0.510. The first kappa shape index (κ1) is 10.4. The molecule has 0 radical (unpaired) electrons. The van der Waals surface area contributed by atoms with Gasteiger partial charge in [0.2, 0.25) is 5.91 Å². The molecule has 0 atom stereocenters. The minimum absolute atomic E-state index is 0.347. The maximum absolute atomic E-state index is 12.6. The molecule has 1 aliphatic rings. The number of rotatable bonds is 3. The molecule has 3 nitrogen and oxygen atoms in total. The molecule has 5 heteroatoms. The zero-order chi connectivity index (χ0) is 10.1. The molecular formula is C8H14F2N2O. The number of carbonyl (C=O) groups is 1. The van der Waals surface area contributed by atoms with Crippen LogP contribution in [0.2, 0.25) is 0 Å². The Kier molecular flexibility index (Phi) is 2.56. The lowest BCUT2D eigenvalue weighted by atomic mass is 9.72.